The number of benzene rings is 2. The summed E-state index contributed by atoms with van der Waals surface area (Å²) in [6, 6.07) is 22.1. The molecule has 2 aromatic carbocycles. The number of carbonyl (C=O) groups excluding carboxylic acids is 1. The molecule has 2 N–H and O–H groups in total. The number of aromatic nitrogens is 3. The van der Waals surface area contributed by atoms with Crippen LogP contribution in [0.2, 0.25) is 0 Å². The van der Waals surface area contributed by atoms with Crippen LogP contribution < -0.4 is 15.4 Å². The first-order valence-electron chi connectivity index (χ1n) is 9.35. The van der Waals surface area contributed by atoms with Crippen LogP contribution in [0.25, 0.3) is 0 Å². The highest BCUT2D eigenvalue weighted by Crippen LogP contribution is 2.22. The van der Waals surface area contributed by atoms with Gasteiger partial charge in [-0.1, -0.05) is 24.3 Å². The minimum Gasteiger partial charge on any atom is -0.457 e. The molecule has 30 heavy (non-hydrogen) atoms. The van der Waals surface area contributed by atoms with Crippen LogP contribution in [0.3, 0.4) is 0 Å². The zero-order valence-electron chi connectivity index (χ0n) is 16.0. The monoisotopic (exact) mass is 397 g/mol. The normalized spacial score (nSPS) is 10.3. The summed E-state index contributed by atoms with van der Waals surface area (Å²) < 4.78 is 5.76. The summed E-state index contributed by atoms with van der Waals surface area (Å²) in [6.45, 7) is 0.550. The van der Waals surface area contributed by atoms with E-state index in [9.17, 15) is 4.79 Å². The molecule has 0 radical (unpaired) electrons. The molecule has 148 valence electrons. The molecule has 7 heteroatoms. The van der Waals surface area contributed by atoms with Crippen LogP contribution in [0.15, 0.2) is 91.5 Å². The number of carbonyl (C=O) groups is 1. The standard InChI is InChI=1S/C23H19N5O2/c29-23(21-13-22(27-16-26-21)25-15-17-5-4-12-24-14-17)28-18-8-10-20(11-9-18)30-19-6-2-1-3-7-19/h1-14,16H,15H2,(H,28,29)(H,25,26,27). The van der Waals surface area contributed by atoms with Crippen molar-refractivity contribution in [3.63, 3.8) is 0 Å². The lowest BCUT2D eigenvalue weighted by Gasteiger charge is -2.09. The number of hydrogen-bond donors (Lipinski definition) is 2. The van der Waals surface area contributed by atoms with E-state index in [1.54, 1.807) is 42.7 Å². The molecule has 0 aliphatic rings. The molecule has 0 atom stereocenters. The molecule has 4 aromatic rings. The number of ether oxygens (including phenoxy) is 1. The molecule has 0 aliphatic heterocycles. The second-order valence-corrected chi connectivity index (χ2v) is 6.40. The molecule has 0 bridgehead atoms. The van der Waals surface area contributed by atoms with E-state index in [1.165, 1.54) is 6.33 Å². The van der Waals surface area contributed by atoms with Gasteiger partial charge in [-0.25, -0.2) is 9.97 Å². The highest BCUT2D eigenvalue weighted by molar-refractivity contribution is 6.03. The number of amides is 1. The van der Waals surface area contributed by atoms with Gasteiger partial charge in [0.15, 0.2) is 0 Å². The van der Waals surface area contributed by atoms with Crippen LogP contribution in [0.5, 0.6) is 11.5 Å². The number of para-hydroxylation sites is 1. The molecular formula is C23H19N5O2. The molecule has 0 aliphatic carbocycles. The zero-order valence-corrected chi connectivity index (χ0v) is 16.0. The number of anilines is 2. The highest BCUT2D eigenvalue weighted by atomic mass is 16.5. The third-order valence-electron chi connectivity index (χ3n) is 4.19. The molecule has 0 spiro atoms. The largest absolute Gasteiger partial charge is 0.457 e. The highest BCUT2D eigenvalue weighted by Gasteiger charge is 2.10. The predicted octanol–water partition coefficient (Wildman–Crippen LogP) is 4.53. The van der Waals surface area contributed by atoms with E-state index in [0.717, 1.165) is 11.3 Å². The number of nitrogens with zero attached hydrogens (tertiary/aromatic N) is 3. The summed E-state index contributed by atoms with van der Waals surface area (Å²) in [5, 5.41) is 5.99. The summed E-state index contributed by atoms with van der Waals surface area (Å²) in [5.41, 5.74) is 1.92. The molecule has 0 fully saturated rings. The van der Waals surface area contributed by atoms with Crippen LogP contribution in [0.1, 0.15) is 16.1 Å². The molecule has 1 amide bonds. The van der Waals surface area contributed by atoms with E-state index in [0.29, 0.717) is 23.8 Å². The van der Waals surface area contributed by atoms with Gasteiger partial charge in [0, 0.05) is 30.7 Å². The fourth-order valence-electron chi connectivity index (χ4n) is 2.70. The first kappa shape index (κ1) is 19.1. The van der Waals surface area contributed by atoms with Gasteiger partial charge in [0.05, 0.1) is 0 Å². The summed E-state index contributed by atoms with van der Waals surface area (Å²) in [4.78, 5) is 24.8. The molecule has 2 heterocycles. The predicted molar refractivity (Wildman–Crippen MR) is 115 cm³/mol. The lowest BCUT2D eigenvalue weighted by atomic mass is 10.2. The van der Waals surface area contributed by atoms with Crippen molar-refractivity contribution in [1.29, 1.82) is 0 Å². The van der Waals surface area contributed by atoms with Gasteiger partial charge in [-0.2, -0.15) is 0 Å². The van der Waals surface area contributed by atoms with Gasteiger partial charge < -0.3 is 15.4 Å². The Balaban J connectivity index is 1.36. The first-order chi connectivity index (χ1) is 14.8. The quantitative estimate of drug-likeness (QED) is 0.476. The van der Waals surface area contributed by atoms with Gasteiger partial charge in [0.1, 0.15) is 29.3 Å². The lowest BCUT2D eigenvalue weighted by molar-refractivity contribution is 0.102. The van der Waals surface area contributed by atoms with Gasteiger partial charge >= 0.3 is 0 Å². The second kappa shape index (κ2) is 9.29. The van der Waals surface area contributed by atoms with Crippen LogP contribution in [0, 0.1) is 0 Å². The number of nitrogens with one attached hydrogen (secondary N) is 2. The molecular weight excluding hydrogens is 378 g/mol. The topological polar surface area (TPSA) is 89.0 Å². The Bertz CT molecular complexity index is 1100. The fraction of sp³-hybridized carbons (Fsp3) is 0.0435. The summed E-state index contributed by atoms with van der Waals surface area (Å²) in [5.74, 6) is 1.67. The van der Waals surface area contributed by atoms with Crippen LogP contribution in [0.4, 0.5) is 11.5 Å². The van der Waals surface area contributed by atoms with Crippen molar-refractivity contribution in [2.75, 3.05) is 10.6 Å². The van der Waals surface area contributed by atoms with Gasteiger partial charge in [0.2, 0.25) is 0 Å². The smallest absolute Gasteiger partial charge is 0.274 e. The fourth-order valence-corrected chi connectivity index (χ4v) is 2.70. The maximum atomic E-state index is 12.5. The van der Waals surface area contributed by atoms with Crippen molar-refractivity contribution in [1.82, 2.24) is 15.0 Å². The van der Waals surface area contributed by atoms with E-state index < -0.39 is 0 Å². The average Bonchev–Trinajstić information content (AvgIpc) is 2.80. The summed E-state index contributed by atoms with van der Waals surface area (Å²) >= 11 is 0. The maximum Gasteiger partial charge on any atom is 0.274 e. The van der Waals surface area contributed by atoms with E-state index >= 15 is 0 Å². The number of hydrogen-bond acceptors (Lipinski definition) is 6. The van der Waals surface area contributed by atoms with Crippen molar-refractivity contribution < 1.29 is 9.53 Å². The van der Waals surface area contributed by atoms with Crippen LogP contribution in [-0.2, 0) is 6.54 Å². The molecule has 4 rings (SSSR count). The minimum absolute atomic E-state index is 0.267. The SMILES string of the molecule is O=C(Nc1ccc(Oc2ccccc2)cc1)c1cc(NCc2cccnc2)ncn1. The van der Waals surface area contributed by atoms with E-state index in [1.807, 2.05) is 42.5 Å². The van der Waals surface area contributed by atoms with Crippen molar-refractivity contribution in [3.05, 3.63) is 103 Å². The Kier molecular flexibility index (Phi) is 5.91. The summed E-state index contributed by atoms with van der Waals surface area (Å²) in [7, 11) is 0. The Morgan fingerprint density at radius 2 is 1.70 bits per heavy atom. The van der Waals surface area contributed by atoms with Gasteiger partial charge in [-0.15, -0.1) is 0 Å². The molecule has 0 saturated heterocycles. The van der Waals surface area contributed by atoms with Crippen molar-refractivity contribution >= 4 is 17.4 Å². The second-order valence-electron chi connectivity index (χ2n) is 6.40. The van der Waals surface area contributed by atoms with Gasteiger partial charge in [-0.05, 0) is 48.0 Å². The maximum absolute atomic E-state index is 12.5. The molecule has 0 unspecified atom stereocenters. The van der Waals surface area contributed by atoms with E-state index in [-0.39, 0.29) is 11.6 Å². The molecule has 7 nitrogen and oxygen atoms in total. The van der Waals surface area contributed by atoms with Crippen LogP contribution in [-0.4, -0.2) is 20.9 Å². The Labute approximate surface area is 173 Å². The summed E-state index contributed by atoms with van der Waals surface area (Å²) in [6.07, 6.45) is 4.85. The minimum atomic E-state index is -0.321. The lowest BCUT2D eigenvalue weighted by Crippen LogP contribution is -2.14. The van der Waals surface area contributed by atoms with Crippen molar-refractivity contribution in [2.45, 2.75) is 6.54 Å². The average molecular weight is 397 g/mol. The van der Waals surface area contributed by atoms with Gasteiger partial charge in [0.25, 0.3) is 5.91 Å². The van der Waals surface area contributed by atoms with Crippen molar-refractivity contribution in [2.24, 2.45) is 0 Å². The Morgan fingerprint density at radius 3 is 2.47 bits per heavy atom. The zero-order chi connectivity index (χ0) is 20.6. The Morgan fingerprint density at radius 1 is 0.900 bits per heavy atom. The number of pyridine rings is 1. The third-order valence-corrected chi connectivity index (χ3v) is 4.19. The van der Waals surface area contributed by atoms with Gasteiger partial charge in [-0.3, -0.25) is 9.78 Å². The van der Waals surface area contributed by atoms with Crippen LogP contribution >= 0.6 is 0 Å². The molecule has 2 aromatic heterocycles. The third kappa shape index (κ3) is 5.17. The first-order valence-corrected chi connectivity index (χ1v) is 9.35. The molecule has 0 saturated carbocycles. The Hall–Kier alpha value is -4.26. The van der Waals surface area contributed by atoms with E-state index in [4.69, 9.17) is 4.74 Å². The van der Waals surface area contributed by atoms with Crippen molar-refractivity contribution in [3.8, 4) is 11.5 Å². The van der Waals surface area contributed by atoms with E-state index in [2.05, 4.69) is 25.6 Å². The number of rotatable bonds is 7.